The third-order valence-corrected chi connectivity index (χ3v) is 5.37. The van der Waals surface area contributed by atoms with Crippen LogP contribution in [0.25, 0.3) is 0 Å². The lowest BCUT2D eigenvalue weighted by molar-refractivity contribution is -0.140. The van der Waals surface area contributed by atoms with Crippen molar-refractivity contribution in [1.82, 2.24) is 0 Å². The van der Waals surface area contributed by atoms with Crippen molar-refractivity contribution in [2.45, 2.75) is 64.7 Å². The summed E-state index contributed by atoms with van der Waals surface area (Å²) >= 11 is 0. The van der Waals surface area contributed by atoms with Crippen molar-refractivity contribution in [3.8, 4) is 11.8 Å². The van der Waals surface area contributed by atoms with Crippen LogP contribution in [-0.2, 0) is 11.2 Å². The Kier molecular flexibility index (Phi) is 9.48. The molecule has 0 aliphatic heterocycles. The lowest BCUT2D eigenvalue weighted by Crippen LogP contribution is -2.25. The molecule has 0 aromatic heterocycles. The first-order chi connectivity index (χ1) is 13.6. The number of benzene rings is 1. The van der Waals surface area contributed by atoms with Crippen LogP contribution in [0.4, 0.5) is 4.39 Å². The molecule has 0 unspecified atom stereocenters. The summed E-state index contributed by atoms with van der Waals surface area (Å²) in [4.78, 5) is 12.4. The Bertz CT molecular complexity index is 707. The second kappa shape index (κ2) is 12.1. The molecule has 1 fully saturated rings. The zero-order chi connectivity index (χ0) is 20.2. The van der Waals surface area contributed by atoms with E-state index in [4.69, 9.17) is 10.00 Å². The molecule has 28 heavy (non-hydrogen) atoms. The number of aryl methyl sites for hydroxylation is 1. The van der Waals surface area contributed by atoms with E-state index in [2.05, 4.69) is 6.92 Å². The summed E-state index contributed by atoms with van der Waals surface area (Å²) in [6, 6.07) is 9.32. The fourth-order valence-electron chi connectivity index (χ4n) is 3.61. The van der Waals surface area contributed by atoms with Crippen molar-refractivity contribution >= 4 is 5.97 Å². The van der Waals surface area contributed by atoms with Gasteiger partial charge in [0, 0.05) is 0 Å². The van der Waals surface area contributed by atoms with Crippen molar-refractivity contribution in [1.29, 1.82) is 5.26 Å². The first-order valence-corrected chi connectivity index (χ1v) is 10.4. The van der Waals surface area contributed by atoms with Gasteiger partial charge < -0.3 is 4.74 Å². The molecule has 2 rings (SSSR count). The maximum Gasteiger partial charge on any atom is 0.314 e. The van der Waals surface area contributed by atoms with Crippen molar-refractivity contribution < 1.29 is 13.9 Å². The first kappa shape index (κ1) is 21.9. The average Bonchev–Trinajstić information content (AvgIpc) is 2.73. The van der Waals surface area contributed by atoms with E-state index in [1.807, 2.05) is 30.3 Å². The van der Waals surface area contributed by atoms with Crippen molar-refractivity contribution in [2.75, 3.05) is 0 Å². The number of hydrogen-bond donors (Lipinski definition) is 0. The van der Waals surface area contributed by atoms with Crippen molar-refractivity contribution in [3.63, 3.8) is 0 Å². The molecule has 1 aliphatic rings. The van der Waals surface area contributed by atoms with Gasteiger partial charge in [-0.2, -0.15) is 9.65 Å². The minimum atomic E-state index is -0.772. The molecule has 4 heteroatoms. The Hall–Kier alpha value is -2.41. The van der Waals surface area contributed by atoms with Gasteiger partial charge in [-0.1, -0.05) is 37.6 Å². The van der Waals surface area contributed by atoms with Gasteiger partial charge in [-0.3, -0.25) is 4.79 Å². The van der Waals surface area contributed by atoms with Gasteiger partial charge in [0.05, 0.1) is 5.92 Å². The van der Waals surface area contributed by atoms with Crippen LogP contribution in [0.5, 0.6) is 5.75 Å². The molecule has 0 atom stereocenters. The van der Waals surface area contributed by atoms with Gasteiger partial charge in [0.25, 0.3) is 0 Å². The summed E-state index contributed by atoms with van der Waals surface area (Å²) in [5, 5.41) is 8.34. The third kappa shape index (κ3) is 7.68. The summed E-state index contributed by atoms with van der Waals surface area (Å²) in [6.45, 7) is 2.18. The minimum absolute atomic E-state index is 0.0146. The van der Waals surface area contributed by atoms with Crippen LogP contribution < -0.4 is 4.74 Å². The molecule has 3 nitrogen and oxygen atoms in total. The maximum absolute atomic E-state index is 12.7. The Labute approximate surface area is 167 Å². The molecule has 0 N–H and O–H groups in total. The smallest absolute Gasteiger partial charge is 0.314 e. The molecule has 0 saturated heterocycles. The van der Waals surface area contributed by atoms with Crippen LogP contribution in [0.15, 0.2) is 48.3 Å². The molecule has 0 bridgehead atoms. The zero-order valence-corrected chi connectivity index (χ0v) is 16.7. The average molecular weight is 384 g/mol. The predicted octanol–water partition coefficient (Wildman–Crippen LogP) is 6.45. The highest BCUT2D eigenvalue weighted by atomic mass is 19.1. The fraction of sp³-hybridized carbons (Fsp3) is 0.500. The van der Waals surface area contributed by atoms with Crippen LogP contribution in [-0.4, -0.2) is 5.97 Å². The Balaban J connectivity index is 1.69. The van der Waals surface area contributed by atoms with Crippen molar-refractivity contribution in [2.24, 2.45) is 11.8 Å². The van der Waals surface area contributed by atoms with Crippen LogP contribution in [0.3, 0.4) is 0 Å². The van der Waals surface area contributed by atoms with Gasteiger partial charge in [-0.05, 0) is 81.1 Å². The van der Waals surface area contributed by atoms with Crippen LogP contribution >= 0.6 is 0 Å². The second-order valence-corrected chi connectivity index (χ2v) is 7.52. The quantitative estimate of drug-likeness (QED) is 0.213. The minimum Gasteiger partial charge on any atom is -0.426 e. The first-order valence-electron chi connectivity index (χ1n) is 10.4. The number of unbranched alkanes of at least 4 members (excludes halogenated alkanes) is 1. The van der Waals surface area contributed by atoms with E-state index < -0.39 is 5.83 Å². The third-order valence-electron chi connectivity index (χ3n) is 5.37. The number of carbonyl (C=O) groups excluding carboxylic acids is 1. The molecular weight excluding hydrogens is 353 g/mol. The number of halogens is 1. The lowest BCUT2D eigenvalue weighted by Gasteiger charge is -2.26. The molecule has 1 saturated carbocycles. The molecule has 1 aliphatic carbocycles. The number of rotatable bonds is 9. The normalized spacial score (nSPS) is 20.1. The van der Waals surface area contributed by atoms with Gasteiger partial charge in [-0.25, -0.2) is 0 Å². The van der Waals surface area contributed by atoms with E-state index in [0.717, 1.165) is 44.9 Å². The summed E-state index contributed by atoms with van der Waals surface area (Å²) in [6.07, 6.45) is 13.7. The molecule has 150 valence electrons. The van der Waals surface area contributed by atoms with E-state index in [1.165, 1.54) is 30.6 Å². The van der Waals surface area contributed by atoms with E-state index in [9.17, 15) is 9.18 Å². The Morgan fingerprint density at radius 2 is 1.96 bits per heavy atom. The SMILES string of the molecule is CCCCc1ccc(OC(=O)[C@H]2CC[C@H](CCC=CC=C(F)C#N)CC2)cc1. The van der Waals surface area contributed by atoms with E-state index in [0.29, 0.717) is 11.7 Å². The fourth-order valence-corrected chi connectivity index (χ4v) is 3.61. The number of allylic oxidation sites excluding steroid dienone is 4. The summed E-state index contributed by atoms with van der Waals surface area (Å²) in [7, 11) is 0. The summed E-state index contributed by atoms with van der Waals surface area (Å²) < 4.78 is 18.2. The maximum atomic E-state index is 12.7. The molecule has 1 aromatic carbocycles. The highest BCUT2D eigenvalue weighted by molar-refractivity contribution is 5.75. The van der Waals surface area contributed by atoms with Gasteiger partial charge >= 0.3 is 5.97 Å². The second-order valence-electron chi connectivity index (χ2n) is 7.52. The van der Waals surface area contributed by atoms with E-state index in [-0.39, 0.29) is 11.9 Å². The largest absolute Gasteiger partial charge is 0.426 e. The van der Waals surface area contributed by atoms with Crippen LogP contribution in [0.2, 0.25) is 0 Å². The number of esters is 1. The van der Waals surface area contributed by atoms with Gasteiger partial charge in [-0.15, -0.1) is 0 Å². The van der Waals surface area contributed by atoms with Gasteiger partial charge in [0.15, 0.2) is 5.83 Å². The monoisotopic (exact) mass is 383 g/mol. The number of hydrogen-bond acceptors (Lipinski definition) is 3. The Morgan fingerprint density at radius 3 is 2.61 bits per heavy atom. The van der Waals surface area contributed by atoms with Gasteiger partial charge in [0.1, 0.15) is 11.8 Å². The van der Waals surface area contributed by atoms with E-state index >= 15 is 0 Å². The van der Waals surface area contributed by atoms with Crippen LogP contribution in [0, 0.1) is 23.2 Å². The predicted molar refractivity (Wildman–Crippen MR) is 109 cm³/mol. The standard InChI is InChI=1S/C24H30FNO2/c1-2-3-7-19-12-16-23(17-13-19)28-24(27)21-14-10-20(11-15-21)8-5-4-6-9-22(25)18-26/h4,6,9,12-13,16-17,20-21H,2-3,5,7-8,10-11,14-15H2,1H3/t20-,21-. The number of ether oxygens (including phenoxy) is 1. The highest BCUT2D eigenvalue weighted by Gasteiger charge is 2.27. The lowest BCUT2D eigenvalue weighted by atomic mass is 9.80. The molecule has 0 spiro atoms. The molecule has 1 aromatic rings. The highest BCUT2D eigenvalue weighted by Crippen LogP contribution is 2.32. The number of nitriles is 1. The molecular formula is C24H30FNO2. The number of nitrogens with zero attached hydrogens (tertiary/aromatic N) is 1. The topological polar surface area (TPSA) is 50.1 Å². The number of carbonyl (C=O) groups is 1. The van der Waals surface area contributed by atoms with Gasteiger partial charge in [0.2, 0.25) is 0 Å². The Morgan fingerprint density at radius 1 is 1.25 bits per heavy atom. The molecule has 0 radical (unpaired) electrons. The zero-order valence-electron chi connectivity index (χ0n) is 16.7. The van der Waals surface area contributed by atoms with E-state index in [1.54, 1.807) is 6.08 Å². The summed E-state index contributed by atoms with van der Waals surface area (Å²) in [5.74, 6) is 0.327. The molecule has 0 amide bonds. The van der Waals surface area contributed by atoms with Crippen molar-refractivity contribution in [3.05, 3.63) is 53.9 Å². The summed E-state index contributed by atoms with van der Waals surface area (Å²) in [5.41, 5.74) is 1.28. The van der Waals surface area contributed by atoms with Crippen LogP contribution in [0.1, 0.15) is 63.9 Å². The molecule has 0 heterocycles.